The summed E-state index contributed by atoms with van der Waals surface area (Å²) in [7, 11) is -5.94. The zero-order chi connectivity index (χ0) is 28.1. The van der Waals surface area contributed by atoms with Gasteiger partial charge in [-0.25, -0.2) is 0 Å². The lowest BCUT2D eigenvalue weighted by molar-refractivity contribution is -0.179. The quantitative estimate of drug-likeness (QED) is 0.339. The van der Waals surface area contributed by atoms with Gasteiger partial charge in [-0.2, -0.15) is 0 Å². The third-order valence-electron chi connectivity index (χ3n) is 11.3. The summed E-state index contributed by atoms with van der Waals surface area (Å²) in [5.41, 5.74) is -0.539. The summed E-state index contributed by atoms with van der Waals surface area (Å²) >= 11 is 0. The fourth-order valence-corrected chi connectivity index (χ4v) is 13.3. The molecule has 37 heavy (non-hydrogen) atoms. The molecule has 0 radical (unpaired) electrons. The Morgan fingerprint density at radius 1 is 0.838 bits per heavy atom. The van der Waals surface area contributed by atoms with Gasteiger partial charge < -0.3 is 14.0 Å². The average Bonchev–Trinajstić information content (AvgIpc) is 2.76. The van der Waals surface area contributed by atoms with Crippen molar-refractivity contribution in [2.24, 2.45) is 5.41 Å². The van der Waals surface area contributed by atoms with E-state index in [1.807, 2.05) is 0 Å². The number of fused-ring (bicyclic) bond motifs is 1. The standard InChI is InChI=1S/C31H58O3Si3/c1-28(2,3)36(9,10)33-24-30-20-16-17-21-31(30,32)23-25(34-37(11,12)29(4,5)6)22-27(30)35(7,8)26-18-14-13-15-19-26/h13-15,18-19,25,27,32H,16-17,20-24H2,1-12H3/t25-,27+,30+,31-/m0/s1. The molecule has 0 unspecified atom stereocenters. The van der Waals surface area contributed by atoms with Crippen LogP contribution in [0, 0.1) is 5.41 Å². The van der Waals surface area contributed by atoms with E-state index in [1.54, 1.807) is 0 Å². The maximum Gasteiger partial charge on any atom is 0.192 e. The number of hydrogen-bond acceptors (Lipinski definition) is 3. The molecule has 0 aromatic heterocycles. The Morgan fingerprint density at radius 3 is 1.92 bits per heavy atom. The fourth-order valence-electron chi connectivity index (χ4n) is 6.66. The highest BCUT2D eigenvalue weighted by Gasteiger charge is 2.64. The maximum absolute atomic E-state index is 12.8. The molecule has 2 aliphatic carbocycles. The van der Waals surface area contributed by atoms with Crippen LogP contribution in [0.3, 0.4) is 0 Å². The van der Waals surface area contributed by atoms with Crippen molar-refractivity contribution in [1.29, 1.82) is 0 Å². The molecule has 3 nitrogen and oxygen atoms in total. The molecule has 0 spiro atoms. The van der Waals surface area contributed by atoms with Crippen LogP contribution in [-0.4, -0.2) is 48.1 Å². The van der Waals surface area contributed by atoms with Gasteiger partial charge in [0.05, 0.1) is 13.7 Å². The highest BCUT2D eigenvalue weighted by atomic mass is 28.4. The molecule has 0 aliphatic heterocycles. The van der Waals surface area contributed by atoms with E-state index in [-0.39, 0.29) is 21.6 Å². The summed E-state index contributed by atoms with van der Waals surface area (Å²) in [4.78, 5) is 0. The van der Waals surface area contributed by atoms with Gasteiger partial charge in [-0.05, 0) is 61.1 Å². The summed E-state index contributed by atoms with van der Waals surface area (Å²) < 4.78 is 14.2. The second-order valence-electron chi connectivity index (χ2n) is 16.0. The van der Waals surface area contributed by atoms with E-state index in [9.17, 15) is 5.11 Å². The topological polar surface area (TPSA) is 38.7 Å². The molecular formula is C31H58O3Si3. The fraction of sp³-hybridized carbons (Fsp3) is 0.806. The van der Waals surface area contributed by atoms with Crippen molar-refractivity contribution in [3.05, 3.63) is 30.3 Å². The molecule has 0 bridgehead atoms. The van der Waals surface area contributed by atoms with Crippen LogP contribution in [0.15, 0.2) is 30.3 Å². The highest BCUT2D eigenvalue weighted by molar-refractivity contribution is 6.91. The van der Waals surface area contributed by atoms with Crippen molar-refractivity contribution in [1.82, 2.24) is 0 Å². The Bertz CT molecular complexity index is 916. The lowest BCUT2D eigenvalue weighted by atomic mass is 9.56. The van der Waals surface area contributed by atoms with Crippen LogP contribution in [0.4, 0.5) is 0 Å². The predicted molar refractivity (Wildman–Crippen MR) is 168 cm³/mol. The van der Waals surface area contributed by atoms with E-state index in [0.29, 0.717) is 12.1 Å². The molecule has 2 saturated carbocycles. The van der Waals surface area contributed by atoms with Crippen molar-refractivity contribution in [3.63, 3.8) is 0 Å². The minimum Gasteiger partial charge on any atom is -0.416 e. The van der Waals surface area contributed by atoms with Gasteiger partial charge in [0.15, 0.2) is 16.6 Å². The van der Waals surface area contributed by atoms with Crippen LogP contribution < -0.4 is 5.19 Å². The molecule has 0 saturated heterocycles. The molecule has 1 aromatic carbocycles. The molecule has 2 fully saturated rings. The van der Waals surface area contributed by atoms with E-state index in [4.69, 9.17) is 8.85 Å². The Morgan fingerprint density at radius 2 is 1.38 bits per heavy atom. The zero-order valence-electron chi connectivity index (χ0n) is 26.3. The SMILES string of the molecule is CC(C)(C)[Si](C)(C)OC[C@@]12CCCC[C@]1(O)C[C@@H](O[Si](C)(C)C(C)(C)C)C[C@H]2[Si](C)(C)c1ccccc1. The Balaban J connectivity index is 2.11. The van der Waals surface area contributed by atoms with E-state index in [0.717, 1.165) is 32.1 Å². The molecule has 212 valence electrons. The molecule has 2 aliphatic rings. The summed E-state index contributed by atoms with van der Waals surface area (Å²) in [6.07, 6.45) is 6.16. The molecule has 6 heteroatoms. The monoisotopic (exact) mass is 562 g/mol. The Hall–Kier alpha value is -0.249. The van der Waals surface area contributed by atoms with E-state index < -0.39 is 30.3 Å². The lowest BCUT2D eigenvalue weighted by Gasteiger charge is -2.63. The second kappa shape index (κ2) is 10.3. The molecule has 1 N–H and O–H groups in total. The van der Waals surface area contributed by atoms with Gasteiger partial charge in [0.2, 0.25) is 0 Å². The molecule has 0 amide bonds. The van der Waals surface area contributed by atoms with Crippen molar-refractivity contribution in [2.45, 2.75) is 147 Å². The largest absolute Gasteiger partial charge is 0.416 e. The molecule has 4 atom stereocenters. The predicted octanol–water partition coefficient (Wildman–Crippen LogP) is 8.47. The summed E-state index contributed by atoms with van der Waals surface area (Å²) in [5, 5.41) is 14.6. The molecule has 1 aromatic rings. The van der Waals surface area contributed by atoms with Crippen LogP contribution in [0.25, 0.3) is 0 Å². The Labute approximate surface area is 232 Å². The highest BCUT2D eigenvalue weighted by Crippen LogP contribution is 2.63. The van der Waals surface area contributed by atoms with Crippen molar-refractivity contribution >= 4 is 29.9 Å². The smallest absolute Gasteiger partial charge is 0.192 e. The number of benzene rings is 1. The first-order valence-electron chi connectivity index (χ1n) is 14.8. The van der Waals surface area contributed by atoms with Gasteiger partial charge in [-0.3, -0.25) is 0 Å². The normalized spacial score (nSPS) is 30.2. The van der Waals surface area contributed by atoms with Gasteiger partial charge in [0.1, 0.15) is 0 Å². The maximum atomic E-state index is 12.8. The summed E-state index contributed by atoms with van der Waals surface area (Å²) in [6, 6.07) is 11.2. The van der Waals surface area contributed by atoms with Crippen molar-refractivity contribution in [2.75, 3.05) is 6.61 Å². The van der Waals surface area contributed by atoms with Gasteiger partial charge in [-0.1, -0.05) is 103 Å². The first-order chi connectivity index (χ1) is 16.7. The minimum absolute atomic E-state index is 0.116. The first kappa shape index (κ1) is 31.3. The third-order valence-corrected chi connectivity index (χ3v) is 24.6. The van der Waals surface area contributed by atoms with Crippen LogP contribution in [0.2, 0.25) is 54.9 Å². The Kier molecular flexibility index (Phi) is 8.71. The number of rotatable bonds is 7. The van der Waals surface area contributed by atoms with E-state index in [2.05, 4.69) is 111 Å². The second-order valence-corrected chi connectivity index (χ2v) is 30.3. The van der Waals surface area contributed by atoms with Gasteiger partial charge in [-0.15, -0.1) is 0 Å². The summed E-state index contributed by atoms with van der Waals surface area (Å²) in [5.74, 6) is 0. The lowest BCUT2D eigenvalue weighted by Crippen LogP contribution is -2.68. The molecule has 3 rings (SSSR count). The zero-order valence-corrected chi connectivity index (χ0v) is 29.3. The third kappa shape index (κ3) is 5.95. The van der Waals surface area contributed by atoms with E-state index in [1.165, 1.54) is 11.6 Å². The van der Waals surface area contributed by atoms with Crippen LogP contribution in [-0.2, 0) is 8.85 Å². The molecular weight excluding hydrogens is 505 g/mol. The van der Waals surface area contributed by atoms with Gasteiger partial charge in [0.25, 0.3) is 0 Å². The number of aliphatic hydroxyl groups is 1. The first-order valence-corrected chi connectivity index (χ1v) is 23.7. The van der Waals surface area contributed by atoms with Gasteiger partial charge >= 0.3 is 0 Å². The molecule has 0 heterocycles. The van der Waals surface area contributed by atoms with Crippen LogP contribution in [0.5, 0.6) is 0 Å². The average molecular weight is 563 g/mol. The van der Waals surface area contributed by atoms with Crippen molar-refractivity contribution < 1.29 is 14.0 Å². The minimum atomic E-state index is -2.00. The summed E-state index contributed by atoms with van der Waals surface area (Å²) in [6.45, 7) is 29.2. The number of hydrogen-bond donors (Lipinski definition) is 1. The van der Waals surface area contributed by atoms with E-state index >= 15 is 0 Å². The van der Waals surface area contributed by atoms with Crippen LogP contribution in [0.1, 0.15) is 80.1 Å². The van der Waals surface area contributed by atoms with Gasteiger partial charge in [0, 0.05) is 24.5 Å². The van der Waals surface area contributed by atoms with Crippen molar-refractivity contribution in [3.8, 4) is 0 Å². The van der Waals surface area contributed by atoms with Crippen LogP contribution >= 0.6 is 0 Å².